The lowest BCUT2D eigenvalue weighted by atomic mass is 10.0. The smallest absolute Gasteiger partial charge is 0.407 e. The van der Waals surface area contributed by atoms with E-state index in [0.29, 0.717) is 23.7 Å². The summed E-state index contributed by atoms with van der Waals surface area (Å²) in [5.74, 6) is 0.576. The van der Waals surface area contributed by atoms with Gasteiger partial charge in [-0.3, -0.25) is 4.79 Å². The Bertz CT molecular complexity index is 858. The maximum atomic E-state index is 13.2. The highest BCUT2D eigenvalue weighted by Crippen LogP contribution is 2.34. The van der Waals surface area contributed by atoms with E-state index in [1.807, 2.05) is 19.1 Å². The molecule has 0 aliphatic heterocycles. The van der Waals surface area contributed by atoms with Gasteiger partial charge in [-0.2, -0.15) is 0 Å². The van der Waals surface area contributed by atoms with Crippen LogP contribution in [-0.4, -0.2) is 42.3 Å². The summed E-state index contributed by atoms with van der Waals surface area (Å²) in [6, 6.07) is 5.05. The average Bonchev–Trinajstić information content (AvgIpc) is 3.20. The Morgan fingerprint density at radius 3 is 2.50 bits per heavy atom. The zero-order chi connectivity index (χ0) is 22.5. The van der Waals surface area contributed by atoms with Crippen LogP contribution in [0.2, 0.25) is 0 Å². The molecule has 2 amide bonds. The molecule has 0 fully saturated rings. The molecule has 30 heavy (non-hydrogen) atoms. The minimum atomic E-state index is -0.603. The van der Waals surface area contributed by atoms with Crippen LogP contribution >= 0.6 is 0 Å². The van der Waals surface area contributed by atoms with Gasteiger partial charge in [0, 0.05) is 24.3 Å². The van der Waals surface area contributed by atoms with Gasteiger partial charge in [-0.1, -0.05) is 6.92 Å². The van der Waals surface area contributed by atoms with E-state index >= 15 is 0 Å². The Labute approximate surface area is 177 Å². The standard InChI is InChI=1S/C22H31N3O5/c1-8-25(20(26)14(2)15(3)24-21(27)30-22(4,5)6)16-9-10-17(18(11-16)28-7)19-12-23-13-29-19/h9-15H,8H2,1-7H3,(H,24,27). The topological polar surface area (TPSA) is 93.9 Å². The van der Waals surface area contributed by atoms with Gasteiger partial charge in [-0.15, -0.1) is 0 Å². The number of hydrogen-bond acceptors (Lipinski definition) is 6. The zero-order valence-electron chi connectivity index (χ0n) is 18.7. The number of carbonyl (C=O) groups is 2. The van der Waals surface area contributed by atoms with Crippen LogP contribution in [0.1, 0.15) is 41.5 Å². The van der Waals surface area contributed by atoms with Crippen LogP contribution < -0.4 is 15.0 Å². The average molecular weight is 418 g/mol. The molecule has 164 valence electrons. The third kappa shape index (κ3) is 5.75. The minimum Gasteiger partial charge on any atom is -0.496 e. The van der Waals surface area contributed by atoms with Crippen LogP contribution in [-0.2, 0) is 9.53 Å². The largest absolute Gasteiger partial charge is 0.496 e. The first-order valence-corrected chi connectivity index (χ1v) is 9.95. The molecular weight excluding hydrogens is 386 g/mol. The van der Waals surface area contributed by atoms with Crippen molar-refractivity contribution in [1.82, 2.24) is 10.3 Å². The zero-order valence-corrected chi connectivity index (χ0v) is 18.7. The van der Waals surface area contributed by atoms with Crippen molar-refractivity contribution in [3.05, 3.63) is 30.8 Å². The lowest BCUT2D eigenvalue weighted by Gasteiger charge is -2.29. The second-order valence-electron chi connectivity index (χ2n) is 8.06. The molecule has 0 radical (unpaired) electrons. The monoisotopic (exact) mass is 417 g/mol. The molecule has 0 saturated heterocycles. The molecule has 1 aromatic heterocycles. The van der Waals surface area contributed by atoms with Crippen LogP contribution in [0.15, 0.2) is 35.2 Å². The summed E-state index contributed by atoms with van der Waals surface area (Å²) in [5.41, 5.74) is 0.836. The first-order valence-electron chi connectivity index (χ1n) is 9.95. The van der Waals surface area contributed by atoms with E-state index < -0.39 is 23.7 Å². The van der Waals surface area contributed by atoms with E-state index in [0.717, 1.165) is 5.56 Å². The van der Waals surface area contributed by atoms with E-state index in [-0.39, 0.29) is 5.91 Å². The van der Waals surface area contributed by atoms with E-state index in [9.17, 15) is 9.59 Å². The van der Waals surface area contributed by atoms with Gasteiger partial charge in [0.2, 0.25) is 5.91 Å². The number of oxazole rings is 1. The predicted molar refractivity (Wildman–Crippen MR) is 115 cm³/mol. The molecule has 8 nitrogen and oxygen atoms in total. The number of anilines is 1. The van der Waals surface area contributed by atoms with Crippen LogP contribution in [0.5, 0.6) is 5.75 Å². The van der Waals surface area contributed by atoms with Gasteiger partial charge in [-0.25, -0.2) is 9.78 Å². The number of nitrogens with zero attached hydrogens (tertiary/aromatic N) is 2. The number of carbonyl (C=O) groups excluding carboxylic acids is 2. The molecule has 0 aliphatic rings. The fourth-order valence-electron chi connectivity index (χ4n) is 2.94. The molecule has 0 bridgehead atoms. The van der Waals surface area contributed by atoms with E-state index in [1.54, 1.807) is 58.9 Å². The van der Waals surface area contributed by atoms with E-state index in [1.165, 1.54) is 6.39 Å². The number of hydrogen-bond donors (Lipinski definition) is 1. The van der Waals surface area contributed by atoms with Gasteiger partial charge < -0.3 is 24.1 Å². The van der Waals surface area contributed by atoms with Crippen molar-refractivity contribution in [1.29, 1.82) is 0 Å². The fourth-order valence-corrected chi connectivity index (χ4v) is 2.94. The van der Waals surface area contributed by atoms with Crippen molar-refractivity contribution in [3.8, 4) is 17.1 Å². The Kier molecular flexibility index (Phi) is 7.48. The third-order valence-electron chi connectivity index (χ3n) is 4.66. The molecule has 1 aromatic carbocycles. The summed E-state index contributed by atoms with van der Waals surface area (Å²) < 4.78 is 16.1. The maximum Gasteiger partial charge on any atom is 0.407 e. The number of aromatic nitrogens is 1. The number of amides is 2. The molecule has 0 aliphatic carbocycles. The quantitative estimate of drug-likeness (QED) is 0.724. The molecule has 2 aromatic rings. The Morgan fingerprint density at radius 1 is 1.27 bits per heavy atom. The first-order chi connectivity index (χ1) is 14.1. The summed E-state index contributed by atoms with van der Waals surface area (Å²) in [5, 5.41) is 2.75. The van der Waals surface area contributed by atoms with Gasteiger partial charge in [0.15, 0.2) is 12.2 Å². The Morgan fingerprint density at radius 2 is 1.97 bits per heavy atom. The second-order valence-corrected chi connectivity index (χ2v) is 8.06. The number of alkyl carbamates (subject to hydrolysis) is 1. The summed E-state index contributed by atoms with van der Waals surface area (Å²) >= 11 is 0. The number of rotatable bonds is 7. The molecule has 1 N–H and O–H groups in total. The SMILES string of the molecule is CCN(C(=O)C(C)C(C)NC(=O)OC(C)(C)C)c1ccc(-c2cnco2)c(OC)c1. The van der Waals surface area contributed by atoms with Gasteiger partial charge >= 0.3 is 6.09 Å². The number of nitrogens with one attached hydrogen (secondary N) is 1. The molecule has 1 heterocycles. The second kappa shape index (κ2) is 9.65. The minimum absolute atomic E-state index is 0.115. The lowest BCUT2D eigenvalue weighted by Crippen LogP contribution is -2.47. The number of benzene rings is 1. The predicted octanol–water partition coefficient (Wildman–Crippen LogP) is 4.25. The van der Waals surface area contributed by atoms with Crippen molar-refractivity contribution >= 4 is 17.7 Å². The van der Waals surface area contributed by atoms with Crippen molar-refractivity contribution in [2.75, 3.05) is 18.6 Å². The van der Waals surface area contributed by atoms with Crippen LogP contribution in [0, 0.1) is 5.92 Å². The van der Waals surface area contributed by atoms with E-state index in [2.05, 4.69) is 10.3 Å². The molecule has 2 atom stereocenters. The molecular formula is C22H31N3O5. The molecule has 0 spiro atoms. The summed E-state index contributed by atoms with van der Waals surface area (Å²) in [4.78, 5) is 30.8. The highest BCUT2D eigenvalue weighted by atomic mass is 16.6. The molecule has 2 rings (SSSR count). The van der Waals surface area contributed by atoms with Gasteiger partial charge in [0.05, 0.1) is 24.8 Å². The fraction of sp³-hybridized carbons (Fsp3) is 0.500. The molecule has 8 heteroatoms. The first kappa shape index (κ1) is 23.3. The van der Waals surface area contributed by atoms with Crippen molar-refractivity contribution in [2.45, 2.75) is 53.2 Å². The van der Waals surface area contributed by atoms with Crippen molar-refractivity contribution in [3.63, 3.8) is 0 Å². The van der Waals surface area contributed by atoms with Crippen LogP contribution in [0.4, 0.5) is 10.5 Å². The van der Waals surface area contributed by atoms with Crippen molar-refractivity contribution in [2.24, 2.45) is 5.92 Å². The van der Waals surface area contributed by atoms with Gasteiger partial charge in [0.1, 0.15) is 11.4 Å². The lowest BCUT2D eigenvalue weighted by molar-refractivity contribution is -0.122. The van der Waals surface area contributed by atoms with Crippen LogP contribution in [0.3, 0.4) is 0 Å². The number of methoxy groups -OCH3 is 1. The number of ether oxygens (including phenoxy) is 2. The summed E-state index contributed by atoms with van der Waals surface area (Å²) in [6.07, 6.45) is 2.41. The molecule has 0 saturated carbocycles. The highest BCUT2D eigenvalue weighted by Gasteiger charge is 2.28. The Balaban J connectivity index is 2.18. The summed E-state index contributed by atoms with van der Waals surface area (Å²) in [7, 11) is 1.56. The van der Waals surface area contributed by atoms with Gasteiger partial charge in [0.25, 0.3) is 0 Å². The summed E-state index contributed by atoms with van der Waals surface area (Å²) in [6.45, 7) is 11.3. The van der Waals surface area contributed by atoms with Crippen LogP contribution in [0.25, 0.3) is 11.3 Å². The Hall–Kier alpha value is -3.03. The highest BCUT2D eigenvalue weighted by molar-refractivity contribution is 5.96. The molecule has 2 unspecified atom stereocenters. The normalized spacial score (nSPS) is 13.3. The van der Waals surface area contributed by atoms with E-state index in [4.69, 9.17) is 13.9 Å². The van der Waals surface area contributed by atoms with Crippen molar-refractivity contribution < 1.29 is 23.5 Å². The van der Waals surface area contributed by atoms with Gasteiger partial charge in [-0.05, 0) is 46.8 Å². The maximum absolute atomic E-state index is 13.2. The third-order valence-corrected chi connectivity index (χ3v) is 4.66.